The highest BCUT2D eigenvalue weighted by atomic mass is 19.4. The molecule has 0 atom stereocenters. The number of hydrogen-bond acceptors (Lipinski definition) is 2. The lowest BCUT2D eigenvalue weighted by Crippen LogP contribution is -2.20. The monoisotopic (exact) mass is 249 g/mol. The van der Waals surface area contributed by atoms with E-state index < -0.39 is 11.9 Å². The fraction of sp³-hybridized carbons (Fsp3) is 0.727. The van der Waals surface area contributed by atoms with E-state index in [-0.39, 0.29) is 12.1 Å². The van der Waals surface area contributed by atoms with Gasteiger partial charge in [-0.05, 0) is 19.4 Å². The van der Waals surface area contributed by atoms with Crippen molar-refractivity contribution in [3.8, 4) is 0 Å². The van der Waals surface area contributed by atoms with Gasteiger partial charge in [0, 0.05) is 18.7 Å². The van der Waals surface area contributed by atoms with E-state index >= 15 is 0 Å². The maximum atomic E-state index is 12.9. The Kier molecular flexibility index (Phi) is 4.99. The summed E-state index contributed by atoms with van der Waals surface area (Å²) in [7, 11) is 0. The van der Waals surface area contributed by atoms with Crippen molar-refractivity contribution in [2.75, 3.05) is 6.54 Å². The molecule has 0 aliphatic rings. The molecule has 0 radical (unpaired) electrons. The molecule has 0 saturated heterocycles. The van der Waals surface area contributed by atoms with E-state index in [9.17, 15) is 13.2 Å². The van der Waals surface area contributed by atoms with Crippen LogP contribution in [0.5, 0.6) is 0 Å². The van der Waals surface area contributed by atoms with E-state index in [1.165, 1.54) is 6.20 Å². The van der Waals surface area contributed by atoms with Crippen molar-refractivity contribution < 1.29 is 13.2 Å². The first-order valence-electron chi connectivity index (χ1n) is 5.83. The predicted octanol–water partition coefficient (Wildman–Crippen LogP) is 2.81. The third-order valence-corrected chi connectivity index (χ3v) is 2.36. The summed E-state index contributed by atoms with van der Waals surface area (Å²) >= 11 is 0. The highest BCUT2D eigenvalue weighted by molar-refractivity contribution is 5.20. The molecular weight excluding hydrogens is 231 g/mol. The fourth-order valence-electron chi connectivity index (χ4n) is 1.66. The first-order chi connectivity index (χ1) is 8.00. The normalized spacial score (nSPS) is 12.1. The molecule has 0 aliphatic heterocycles. The van der Waals surface area contributed by atoms with Crippen LogP contribution in [0.1, 0.15) is 37.9 Å². The van der Waals surface area contributed by atoms with Crippen LogP contribution in [0.25, 0.3) is 0 Å². The first-order valence-corrected chi connectivity index (χ1v) is 5.83. The summed E-state index contributed by atoms with van der Waals surface area (Å²) in [6, 6.07) is 0. The van der Waals surface area contributed by atoms with Crippen molar-refractivity contribution in [3.05, 3.63) is 17.5 Å². The molecule has 17 heavy (non-hydrogen) atoms. The summed E-state index contributed by atoms with van der Waals surface area (Å²) in [4.78, 5) is 0. The number of alkyl halides is 3. The van der Waals surface area contributed by atoms with Crippen LogP contribution >= 0.6 is 0 Å². The molecule has 6 heteroatoms. The van der Waals surface area contributed by atoms with Gasteiger partial charge in [0.25, 0.3) is 0 Å². The maximum absolute atomic E-state index is 12.9. The van der Waals surface area contributed by atoms with Crippen LogP contribution < -0.4 is 5.32 Å². The molecule has 0 amide bonds. The number of hydrogen-bond donors (Lipinski definition) is 1. The number of nitrogens with zero attached hydrogens (tertiary/aromatic N) is 2. The molecule has 3 nitrogen and oxygen atoms in total. The summed E-state index contributed by atoms with van der Waals surface area (Å²) in [6.07, 6.45) is -1.51. The first kappa shape index (κ1) is 14.0. The molecular formula is C11H18F3N3. The van der Waals surface area contributed by atoms with Crippen molar-refractivity contribution in [3.63, 3.8) is 0 Å². The van der Waals surface area contributed by atoms with Gasteiger partial charge in [0.1, 0.15) is 5.69 Å². The Morgan fingerprint density at radius 2 is 2.00 bits per heavy atom. The smallest absolute Gasteiger partial charge is 0.313 e. The van der Waals surface area contributed by atoms with Crippen LogP contribution in [0, 0.1) is 0 Å². The summed E-state index contributed by atoms with van der Waals surface area (Å²) in [6.45, 7) is 5.01. The summed E-state index contributed by atoms with van der Waals surface area (Å²) in [5.41, 5.74) is -0.401. The molecule has 0 saturated carbocycles. The molecule has 1 aromatic heterocycles. The van der Waals surface area contributed by atoms with E-state index in [2.05, 4.69) is 10.4 Å². The number of rotatable bonds is 6. The fourth-order valence-corrected chi connectivity index (χ4v) is 1.66. The Labute approximate surface area is 99.0 Å². The molecule has 98 valence electrons. The van der Waals surface area contributed by atoms with Crippen LogP contribution in [0.15, 0.2) is 6.20 Å². The van der Waals surface area contributed by atoms with Crippen molar-refractivity contribution in [1.82, 2.24) is 15.1 Å². The third kappa shape index (κ3) is 3.73. The van der Waals surface area contributed by atoms with Crippen molar-refractivity contribution in [1.29, 1.82) is 0 Å². The Morgan fingerprint density at radius 3 is 2.53 bits per heavy atom. The summed E-state index contributed by atoms with van der Waals surface area (Å²) < 4.78 is 39.7. The van der Waals surface area contributed by atoms with Gasteiger partial charge in [-0.15, -0.1) is 0 Å². The molecule has 0 unspecified atom stereocenters. The van der Waals surface area contributed by atoms with Crippen LogP contribution in [0.2, 0.25) is 0 Å². The van der Waals surface area contributed by atoms with Crippen LogP contribution in [0.3, 0.4) is 0 Å². The highest BCUT2D eigenvalue weighted by Crippen LogP contribution is 2.32. The molecule has 1 aromatic rings. The van der Waals surface area contributed by atoms with E-state index in [0.717, 1.165) is 11.1 Å². The highest BCUT2D eigenvalue weighted by Gasteiger charge is 2.37. The lowest BCUT2D eigenvalue weighted by molar-refractivity contribution is -0.144. The molecule has 1 heterocycles. The molecule has 0 spiro atoms. The zero-order valence-corrected chi connectivity index (χ0v) is 10.1. The predicted molar refractivity (Wildman–Crippen MR) is 59.5 cm³/mol. The second-order valence-electron chi connectivity index (χ2n) is 3.92. The van der Waals surface area contributed by atoms with Gasteiger partial charge in [0.05, 0.1) is 6.20 Å². The van der Waals surface area contributed by atoms with Crippen LogP contribution in [0.4, 0.5) is 13.2 Å². The largest absolute Gasteiger partial charge is 0.433 e. The van der Waals surface area contributed by atoms with E-state index in [1.807, 2.05) is 13.8 Å². The minimum Gasteiger partial charge on any atom is -0.313 e. The summed E-state index contributed by atoms with van der Waals surface area (Å²) in [5.74, 6) is 0. The topological polar surface area (TPSA) is 29.9 Å². The van der Waals surface area contributed by atoms with Gasteiger partial charge in [-0.3, -0.25) is 4.68 Å². The van der Waals surface area contributed by atoms with Crippen molar-refractivity contribution in [2.45, 2.75) is 46.0 Å². The van der Waals surface area contributed by atoms with Gasteiger partial charge < -0.3 is 5.32 Å². The average molecular weight is 249 g/mol. The Balaban J connectivity index is 2.89. The third-order valence-electron chi connectivity index (χ3n) is 2.36. The van der Waals surface area contributed by atoms with Gasteiger partial charge in [-0.2, -0.15) is 18.3 Å². The zero-order valence-electron chi connectivity index (χ0n) is 10.1. The molecule has 0 bridgehead atoms. The maximum Gasteiger partial charge on any atom is 0.433 e. The van der Waals surface area contributed by atoms with Gasteiger partial charge >= 0.3 is 6.18 Å². The van der Waals surface area contributed by atoms with Gasteiger partial charge in [-0.1, -0.05) is 13.8 Å². The molecule has 0 aromatic carbocycles. The quantitative estimate of drug-likeness (QED) is 0.786. The van der Waals surface area contributed by atoms with Crippen LogP contribution in [-0.4, -0.2) is 16.3 Å². The van der Waals surface area contributed by atoms with Gasteiger partial charge in [0.15, 0.2) is 0 Å². The molecule has 1 N–H and O–H groups in total. The standard InChI is InChI=1S/C11H18F3N3/c1-3-5-15-7-9-8-16-17(6-4-2)10(9)11(12,13)14/h8,15H,3-7H2,1-2H3. The SMILES string of the molecule is CCCNCc1cnn(CCC)c1C(F)(F)F. The van der Waals surface area contributed by atoms with Crippen molar-refractivity contribution in [2.24, 2.45) is 0 Å². The van der Waals surface area contributed by atoms with E-state index in [0.29, 0.717) is 19.5 Å². The van der Waals surface area contributed by atoms with Crippen molar-refractivity contribution >= 4 is 0 Å². The van der Waals surface area contributed by atoms with E-state index in [4.69, 9.17) is 0 Å². The lowest BCUT2D eigenvalue weighted by atomic mass is 10.2. The minimum atomic E-state index is -4.34. The van der Waals surface area contributed by atoms with Gasteiger partial charge in [0.2, 0.25) is 0 Å². The minimum absolute atomic E-state index is 0.215. The number of nitrogens with one attached hydrogen (secondary N) is 1. The molecule has 0 aliphatic carbocycles. The van der Waals surface area contributed by atoms with Gasteiger partial charge in [-0.25, -0.2) is 0 Å². The van der Waals surface area contributed by atoms with Crippen LogP contribution in [-0.2, 0) is 19.3 Å². The number of aromatic nitrogens is 2. The second-order valence-corrected chi connectivity index (χ2v) is 3.92. The van der Waals surface area contributed by atoms with E-state index in [1.54, 1.807) is 0 Å². The summed E-state index contributed by atoms with van der Waals surface area (Å²) in [5, 5.41) is 6.77. The average Bonchev–Trinajstić information content (AvgIpc) is 2.62. The Hall–Kier alpha value is -1.04. The molecule has 0 fully saturated rings. The molecule has 1 rings (SSSR count). The number of aryl methyl sites for hydroxylation is 1. The second kappa shape index (κ2) is 6.05. The number of halogens is 3. The Morgan fingerprint density at radius 1 is 1.29 bits per heavy atom. The zero-order chi connectivity index (χ0) is 12.9. The Bertz CT molecular complexity index is 344. The lowest BCUT2D eigenvalue weighted by Gasteiger charge is -2.12.